The Balaban J connectivity index is 0.819. The fourth-order valence-corrected chi connectivity index (χ4v) is 15.7. The number of thiophene rings is 1. The van der Waals surface area contributed by atoms with Crippen molar-refractivity contribution < 1.29 is 0 Å². The highest BCUT2D eigenvalue weighted by Crippen LogP contribution is 2.48. The molecule has 0 N–H and O–H groups in total. The standard InChI is InChI=1S/C84H52BN9S/c1-6-24-54(25-7-1)79-86-80(55-26-8-2-9-27-55)89-83(88-79)58-46-48-69(94-68-38-20-16-35-64(68)76-72(94)49-47-63-62-34-17-23-41-75(62)95-78(63)76)65(50-58)84-90-81(56-28-10-3-11-29-56)87-82(91-84)57-44-42-53(43-45-57)59-51-73-77-74(52-59)93(61-32-14-5-15-33-61)71-40-22-19-37-67(71)85(77)66-36-18-21-39-70(66)92(73)60-30-12-4-13-31-60/h1-52H. The molecular weight excluding hydrogens is 1180 g/mol. The third kappa shape index (κ3) is 9.00. The number of hydrogen-bond acceptors (Lipinski definition) is 9. The second-order valence-corrected chi connectivity index (χ2v) is 25.2. The summed E-state index contributed by atoms with van der Waals surface area (Å²) in [5.41, 5.74) is 20.8. The largest absolute Gasteiger partial charge is 0.311 e. The van der Waals surface area contributed by atoms with E-state index >= 15 is 0 Å². The van der Waals surface area contributed by atoms with Gasteiger partial charge in [-0.25, -0.2) is 29.9 Å². The second-order valence-electron chi connectivity index (χ2n) is 24.1. The normalized spacial score (nSPS) is 12.4. The minimum atomic E-state index is 0.00471. The lowest BCUT2D eigenvalue weighted by Gasteiger charge is -2.44. The number of rotatable bonds is 10. The second kappa shape index (κ2) is 22.2. The highest BCUT2D eigenvalue weighted by molar-refractivity contribution is 7.26. The molecule has 0 radical (unpaired) electrons. The van der Waals surface area contributed by atoms with Crippen LogP contribution in [0.1, 0.15) is 0 Å². The van der Waals surface area contributed by atoms with E-state index in [-0.39, 0.29) is 6.71 Å². The topological polar surface area (TPSA) is 88.8 Å². The van der Waals surface area contributed by atoms with Crippen molar-refractivity contribution in [1.29, 1.82) is 0 Å². The zero-order valence-corrected chi connectivity index (χ0v) is 51.8. The number of hydrogen-bond donors (Lipinski definition) is 0. The first-order valence-electron chi connectivity index (χ1n) is 32.0. The molecule has 19 rings (SSSR count). The highest BCUT2D eigenvalue weighted by Gasteiger charge is 2.43. The van der Waals surface area contributed by atoms with Crippen molar-refractivity contribution in [2.45, 2.75) is 0 Å². The van der Waals surface area contributed by atoms with Gasteiger partial charge in [0.15, 0.2) is 34.9 Å². The van der Waals surface area contributed by atoms with Crippen LogP contribution in [0.2, 0.25) is 0 Å². The molecule has 95 heavy (non-hydrogen) atoms. The summed E-state index contributed by atoms with van der Waals surface area (Å²) in [6, 6.07) is 112. The number of aromatic nitrogens is 7. The van der Waals surface area contributed by atoms with Gasteiger partial charge in [0, 0.05) is 98.4 Å². The summed E-state index contributed by atoms with van der Waals surface area (Å²) in [5, 5.41) is 4.85. The van der Waals surface area contributed by atoms with Crippen LogP contribution < -0.4 is 26.2 Å². The lowest BCUT2D eigenvalue weighted by atomic mass is 9.33. The minimum absolute atomic E-state index is 0.00471. The molecule has 0 saturated heterocycles. The van der Waals surface area contributed by atoms with Gasteiger partial charge in [-0.2, -0.15) is 0 Å². The van der Waals surface area contributed by atoms with E-state index < -0.39 is 0 Å². The lowest BCUT2D eigenvalue weighted by molar-refractivity contribution is 1.06. The maximum Gasteiger partial charge on any atom is 0.252 e. The van der Waals surface area contributed by atoms with Crippen LogP contribution in [0.3, 0.4) is 0 Å². The minimum Gasteiger partial charge on any atom is -0.311 e. The predicted molar refractivity (Wildman–Crippen MR) is 393 cm³/mol. The average molecular weight is 1230 g/mol. The van der Waals surface area contributed by atoms with E-state index in [1.807, 2.05) is 90.2 Å². The fraction of sp³-hybridized carbons (Fsp3) is 0. The Morgan fingerprint density at radius 2 is 0.705 bits per heavy atom. The Morgan fingerprint density at radius 1 is 0.274 bits per heavy atom. The Hall–Kier alpha value is -12.4. The quantitative estimate of drug-likeness (QED) is 0.125. The van der Waals surface area contributed by atoms with Crippen LogP contribution in [0.5, 0.6) is 0 Å². The van der Waals surface area contributed by atoms with E-state index in [2.05, 4.69) is 251 Å². The number of benzene rings is 13. The molecule has 2 aliphatic heterocycles. The molecule has 0 saturated carbocycles. The number of fused-ring (bicyclic) bond motifs is 11. The third-order valence-electron chi connectivity index (χ3n) is 18.7. The van der Waals surface area contributed by atoms with Gasteiger partial charge in [-0.3, -0.25) is 0 Å². The molecule has 0 spiro atoms. The van der Waals surface area contributed by atoms with Crippen LogP contribution in [0.25, 0.3) is 127 Å². The van der Waals surface area contributed by atoms with E-state index in [1.54, 1.807) is 0 Å². The molecule has 13 aromatic carbocycles. The first kappa shape index (κ1) is 54.3. The van der Waals surface area contributed by atoms with Crippen molar-refractivity contribution in [3.05, 3.63) is 315 Å². The monoisotopic (exact) mass is 1230 g/mol. The molecule has 4 aromatic heterocycles. The van der Waals surface area contributed by atoms with E-state index in [0.717, 1.165) is 89.4 Å². The van der Waals surface area contributed by atoms with E-state index in [0.29, 0.717) is 34.9 Å². The van der Waals surface area contributed by atoms with Gasteiger partial charge in [-0.15, -0.1) is 11.3 Å². The van der Waals surface area contributed by atoms with Gasteiger partial charge >= 0.3 is 0 Å². The molecular formula is C84H52BN9S. The Labute approximate surface area is 552 Å². The zero-order chi connectivity index (χ0) is 62.5. The number of anilines is 6. The van der Waals surface area contributed by atoms with Crippen molar-refractivity contribution in [3.8, 4) is 85.1 Å². The van der Waals surface area contributed by atoms with Crippen LogP contribution in [0, 0.1) is 0 Å². The summed E-state index contributed by atoms with van der Waals surface area (Å²) < 4.78 is 4.89. The van der Waals surface area contributed by atoms with Crippen LogP contribution in [-0.4, -0.2) is 41.2 Å². The van der Waals surface area contributed by atoms with Gasteiger partial charge < -0.3 is 14.4 Å². The van der Waals surface area contributed by atoms with Crippen LogP contribution in [-0.2, 0) is 0 Å². The summed E-state index contributed by atoms with van der Waals surface area (Å²) in [6.45, 7) is 0.00471. The molecule has 0 atom stereocenters. The maximum absolute atomic E-state index is 5.61. The lowest BCUT2D eigenvalue weighted by Crippen LogP contribution is -2.61. The molecule has 0 unspecified atom stereocenters. The van der Waals surface area contributed by atoms with E-state index in [1.165, 1.54) is 53.3 Å². The SMILES string of the molecule is c1ccc(-c2nc(-c3ccccc3)nc(-c3ccc(-n4c5ccccc5c5c6sc7ccccc7c6ccc54)c(-c4nc(-c5ccccc5)nc(-c5ccc(-c6cc7c8c(c6)N(c6ccccc6)c6ccccc6B8c6ccccc6N7c6ccccc6)cc5)n4)c3)n2)cc1. The molecule has 0 aliphatic carbocycles. The summed E-state index contributed by atoms with van der Waals surface area (Å²) >= 11 is 1.84. The van der Waals surface area contributed by atoms with Crippen LogP contribution >= 0.6 is 11.3 Å². The van der Waals surface area contributed by atoms with Gasteiger partial charge in [0.25, 0.3) is 6.71 Å². The molecule has 6 heterocycles. The molecule has 0 bridgehead atoms. The molecule has 9 nitrogen and oxygen atoms in total. The first-order chi connectivity index (χ1) is 47.1. The van der Waals surface area contributed by atoms with Gasteiger partial charge in [-0.1, -0.05) is 231 Å². The van der Waals surface area contributed by atoms with Crippen molar-refractivity contribution in [2.24, 2.45) is 0 Å². The summed E-state index contributed by atoms with van der Waals surface area (Å²) in [6.07, 6.45) is 0. The summed E-state index contributed by atoms with van der Waals surface area (Å²) in [7, 11) is 0. The van der Waals surface area contributed by atoms with Gasteiger partial charge in [0.2, 0.25) is 0 Å². The fourth-order valence-electron chi connectivity index (χ4n) is 14.4. The first-order valence-corrected chi connectivity index (χ1v) is 32.8. The van der Waals surface area contributed by atoms with Gasteiger partial charge in [-0.05, 0) is 112 Å². The Kier molecular flexibility index (Phi) is 12.7. The maximum atomic E-state index is 5.61. The van der Waals surface area contributed by atoms with Crippen molar-refractivity contribution >= 4 is 111 Å². The summed E-state index contributed by atoms with van der Waals surface area (Å²) in [5.74, 6) is 3.24. The highest BCUT2D eigenvalue weighted by atomic mass is 32.1. The predicted octanol–water partition coefficient (Wildman–Crippen LogP) is 19.3. The molecule has 0 fully saturated rings. The zero-order valence-electron chi connectivity index (χ0n) is 51.0. The molecule has 2 aliphatic rings. The molecule has 17 aromatic rings. The summed E-state index contributed by atoms with van der Waals surface area (Å²) in [4.78, 5) is 37.0. The van der Waals surface area contributed by atoms with Gasteiger partial charge in [0.1, 0.15) is 0 Å². The number of nitrogens with zero attached hydrogens (tertiary/aromatic N) is 9. The Bertz CT molecular complexity index is 5700. The third-order valence-corrected chi connectivity index (χ3v) is 19.9. The van der Waals surface area contributed by atoms with Crippen molar-refractivity contribution in [2.75, 3.05) is 9.80 Å². The van der Waals surface area contributed by atoms with Gasteiger partial charge in [0.05, 0.1) is 16.7 Å². The van der Waals surface area contributed by atoms with E-state index in [9.17, 15) is 0 Å². The molecule has 442 valence electrons. The van der Waals surface area contributed by atoms with Crippen LogP contribution in [0.15, 0.2) is 315 Å². The number of para-hydroxylation sites is 5. The average Bonchev–Trinajstić information content (AvgIpc) is 1.72. The van der Waals surface area contributed by atoms with Crippen molar-refractivity contribution in [1.82, 2.24) is 34.5 Å². The van der Waals surface area contributed by atoms with Crippen LogP contribution in [0.4, 0.5) is 34.1 Å². The molecule has 11 heteroatoms. The van der Waals surface area contributed by atoms with Crippen molar-refractivity contribution in [3.63, 3.8) is 0 Å². The Morgan fingerprint density at radius 3 is 1.26 bits per heavy atom. The molecule has 0 amide bonds. The smallest absolute Gasteiger partial charge is 0.252 e. The van der Waals surface area contributed by atoms with E-state index in [4.69, 9.17) is 29.9 Å².